The molecule has 0 unspecified atom stereocenters. The lowest BCUT2D eigenvalue weighted by molar-refractivity contribution is -0.121. The molecule has 0 radical (unpaired) electrons. The average molecular weight is 425 g/mol. The molecule has 0 aliphatic rings. The van der Waals surface area contributed by atoms with Crippen LogP contribution in [0.4, 0.5) is 5.69 Å². The van der Waals surface area contributed by atoms with E-state index in [9.17, 15) is 13.2 Å². The zero-order valence-corrected chi connectivity index (χ0v) is 17.8. The number of benzene rings is 2. The average Bonchev–Trinajstić information content (AvgIpc) is 2.64. The molecule has 1 atom stereocenters. The third-order valence-electron chi connectivity index (χ3n) is 4.25. The Morgan fingerprint density at radius 1 is 1.21 bits per heavy atom. The highest BCUT2D eigenvalue weighted by Crippen LogP contribution is 2.24. The van der Waals surface area contributed by atoms with Crippen molar-refractivity contribution in [2.24, 2.45) is 0 Å². The van der Waals surface area contributed by atoms with Gasteiger partial charge in [0.25, 0.3) is 0 Å². The molecule has 28 heavy (non-hydrogen) atoms. The predicted octanol–water partition coefficient (Wildman–Crippen LogP) is 3.25. The maximum atomic E-state index is 12.5. The van der Waals surface area contributed by atoms with E-state index in [0.29, 0.717) is 17.3 Å². The van der Waals surface area contributed by atoms with E-state index in [0.717, 1.165) is 34.7 Å². The van der Waals surface area contributed by atoms with Crippen LogP contribution < -0.4 is 14.4 Å². The molecule has 1 amide bonds. The smallest absolute Gasteiger partial charge is 0.243 e. The van der Waals surface area contributed by atoms with Gasteiger partial charge in [-0.2, -0.15) is 0 Å². The van der Waals surface area contributed by atoms with Gasteiger partial charge >= 0.3 is 0 Å². The van der Waals surface area contributed by atoms with Crippen LogP contribution in [-0.2, 0) is 21.2 Å². The van der Waals surface area contributed by atoms with E-state index in [-0.39, 0.29) is 5.91 Å². The first-order valence-corrected chi connectivity index (χ1v) is 11.1. The molecule has 0 bridgehead atoms. The normalized spacial score (nSPS) is 12.3. The molecule has 0 heterocycles. The number of nitrogens with one attached hydrogen (secondary N) is 1. The Morgan fingerprint density at radius 3 is 2.46 bits per heavy atom. The minimum absolute atomic E-state index is 0.357. The van der Waals surface area contributed by atoms with Crippen molar-refractivity contribution in [3.63, 3.8) is 0 Å². The van der Waals surface area contributed by atoms with Crippen molar-refractivity contribution in [1.29, 1.82) is 0 Å². The van der Waals surface area contributed by atoms with Gasteiger partial charge < -0.3 is 10.1 Å². The second-order valence-electron chi connectivity index (χ2n) is 6.46. The number of carbonyl (C=O) groups excluding carboxylic acids is 1. The van der Waals surface area contributed by atoms with Crippen molar-refractivity contribution >= 4 is 33.2 Å². The van der Waals surface area contributed by atoms with Crippen molar-refractivity contribution in [2.75, 3.05) is 24.2 Å². The van der Waals surface area contributed by atoms with Gasteiger partial charge in [0.05, 0.1) is 19.1 Å². The highest BCUT2D eigenvalue weighted by molar-refractivity contribution is 7.92. The Morgan fingerprint density at radius 2 is 1.89 bits per heavy atom. The van der Waals surface area contributed by atoms with E-state index >= 15 is 0 Å². The maximum absolute atomic E-state index is 12.5. The summed E-state index contributed by atoms with van der Waals surface area (Å²) < 4.78 is 30.7. The number of hydrogen-bond acceptors (Lipinski definition) is 4. The monoisotopic (exact) mass is 424 g/mol. The number of sulfonamides is 1. The molecule has 0 saturated carbocycles. The summed E-state index contributed by atoms with van der Waals surface area (Å²) in [4.78, 5) is 12.5. The molecule has 0 spiro atoms. The van der Waals surface area contributed by atoms with Crippen molar-refractivity contribution < 1.29 is 17.9 Å². The Balaban J connectivity index is 1.95. The fraction of sp³-hybridized carbons (Fsp3) is 0.350. The van der Waals surface area contributed by atoms with E-state index < -0.39 is 16.1 Å². The number of carbonyl (C=O) groups is 1. The number of rotatable bonds is 9. The highest BCUT2D eigenvalue weighted by atomic mass is 35.5. The first kappa shape index (κ1) is 22.0. The summed E-state index contributed by atoms with van der Waals surface area (Å²) in [6.45, 7) is 2.00. The summed E-state index contributed by atoms with van der Waals surface area (Å²) in [5.74, 6) is 0.438. The van der Waals surface area contributed by atoms with Crippen LogP contribution in [0.2, 0.25) is 5.02 Å². The lowest BCUT2D eigenvalue weighted by Crippen LogP contribution is -2.48. The quantitative estimate of drug-likeness (QED) is 0.627. The number of nitrogens with zero attached hydrogens (tertiary/aromatic N) is 1. The van der Waals surface area contributed by atoms with Gasteiger partial charge in [-0.25, -0.2) is 8.42 Å². The molecule has 0 saturated heterocycles. The van der Waals surface area contributed by atoms with Crippen LogP contribution >= 0.6 is 11.6 Å². The van der Waals surface area contributed by atoms with Crippen molar-refractivity contribution in [3.05, 3.63) is 59.1 Å². The predicted molar refractivity (Wildman–Crippen MR) is 113 cm³/mol. The number of amides is 1. The maximum Gasteiger partial charge on any atom is 0.243 e. The SMILES string of the molecule is COc1ccc(CCCNC(=O)[C@H](C)N(c2cccc(Cl)c2)S(C)(=O)=O)cc1. The second-order valence-corrected chi connectivity index (χ2v) is 8.75. The van der Waals surface area contributed by atoms with Gasteiger partial charge in [-0.1, -0.05) is 29.8 Å². The fourth-order valence-corrected chi connectivity index (χ4v) is 4.22. The molecule has 2 aromatic rings. The zero-order valence-electron chi connectivity index (χ0n) is 16.2. The third-order valence-corrected chi connectivity index (χ3v) is 5.73. The van der Waals surface area contributed by atoms with E-state index in [4.69, 9.17) is 16.3 Å². The van der Waals surface area contributed by atoms with Crippen LogP contribution in [0.1, 0.15) is 18.9 Å². The second kappa shape index (κ2) is 9.80. The molecule has 2 rings (SSSR count). The fourth-order valence-electron chi connectivity index (χ4n) is 2.87. The molecular weight excluding hydrogens is 400 g/mol. The topological polar surface area (TPSA) is 75.7 Å². The van der Waals surface area contributed by atoms with Gasteiger partial charge in [0.15, 0.2) is 0 Å². The summed E-state index contributed by atoms with van der Waals surface area (Å²) in [5, 5.41) is 3.21. The van der Waals surface area contributed by atoms with Crippen LogP contribution in [0.15, 0.2) is 48.5 Å². The number of aryl methyl sites for hydroxylation is 1. The molecule has 0 aliphatic carbocycles. The number of ether oxygens (including phenoxy) is 1. The summed E-state index contributed by atoms with van der Waals surface area (Å²) >= 11 is 5.97. The lowest BCUT2D eigenvalue weighted by Gasteiger charge is -2.28. The molecule has 1 N–H and O–H groups in total. The van der Waals surface area contributed by atoms with Gasteiger partial charge in [0, 0.05) is 11.6 Å². The summed E-state index contributed by atoms with van der Waals surface area (Å²) in [6, 6.07) is 13.3. The Kier molecular flexibility index (Phi) is 7.71. The Labute approximate surface area is 171 Å². The van der Waals surface area contributed by atoms with Gasteiger partial charge in [-0.3, -0.25) is 9.10 Å². The molecule has 152 valence electrons. The van der Waals surface area contributed by atoms with Crippen LogP contribution in [0.3, 0.4) is 0 Å². The highest BCUT2D eigenvalue weighted by Gasteiger charge is 2.28. The van der Waals surface area contributed by atoms with Crippen LogP contribution in [-0.4, -0.2) is 40.3 Å². The number of halogens is 1. The van der Waals surface area contributed by atoms with Crippen LogP contribution in [0, 0.1) is 0 Å². The third kappa shape index (κ3) is 6.14. The molecule has 0 fully saturated rings. The number of anilines is 1. The first-order chi connectivity index (χ1) is 13.2. The van der Waals surface area contributed by atoms with Crippen LogP contribution in [0.25, 0.3) is 0 Å². The van der Waals surface area contributed by atoms with Crippen molar-refractivity contribution in [3.8, 4) is 5.75 Å². The number of methoxy groups -OCH3 is 1. The van der Waals surface area contributed by atoms with E-state index in [2.05, 4.69) is 5.32 Å². The van der Waals surface area contributed by atoms with Gasteiger partial charge in [-0.15, -0.1) is 0 Å². The Bertz CT molecular complexity index is 901. The van der Waals surface area contributed by atoms with Crippen molar-refractivity contribution in [1.82, 2.24) is 5.32 Å². The Hall–Kier alpha value is -2.25. The number of hydrogen-bond donors (Lipinski definition) is 1. The first-order valence-electron chi connectivity index (χ1n) is 8.88. The minimum Gasteiger partial charge on any atom is -0.497 e. The molecule has 0 aromatic heterocycles. The van der Waals surface area contributed by atoms with E-state index in [1.165, 1.54) is 6.07 Å². The van der Waals surface area contributed by atoms with Crippen molar-refractivity contribution in [2.45, 2.75) is 25.8 Å². The molecular formula is C20H25ClN2O4S. The van der Waals surface area contributed by atoms with Gasteiger partial charge in [0.1, 0.15) is 11.8 Å². The summed E-state index contributed by atoms with van der Waals surface area (Å²) in [6.07, 6.45) is 2.60. The largest absolute Gasteiger partial charge is 0.497 e. The minimum atomic E-state index is -3.66. The zero-order chi connectivity index (χ0) is 20.7. The van der Waals surface area contributed by atoms with E-state index in [1.807, 2.05) is 24.3 Å². The lowest BCUT2D eigenvalue weighted by atomic mass is 10.1. The van der Waals surface area contributed by atoms with E-state index in [1.54, 1.807) is 32.2 Å². The molecule has 2 aromatic carbocycles. The standard InChI is InChI=1S/C20H25ClN2O4S/c1-15(23(28(3,25)26)18-8-4-7-17(21)14-18)20(24)22-13-5-6-16-9-11-19(27-2)12-10-16/h4,7-12,14-15H,5-6,13H2,1-3H3,(H,22,24)/t15-/m0/s1. The van der Waals surface area contributed by atoms with Gasteiger partial charge in [-0.05, 0) is 55.7 Å². The van der Waals surface area contributed by atoms with Crippen LogP contribution in [0.5, 0.6) is 5.75 Å². The summed E-state index contributed by atoms with van der Waals surface area (Å²) in [5.41, 5.74) is 1.50. The molecule has 6 nitrogen and oxygen atoms in total. The molecule has 8 heteroatoms. The molecule has 0 aliphatic heterocycles. The van der Waals surface area contributed by atoms with Gasteiger partial charge in [0.2, 0.25) is 15.9 Å². The summed E-state index contributed by atoms with van der Waals surface area (Å²) in [7, 11) is -2.04.